The number of rotatable bonds is 5. The highest BCUT2D eigenvalue weighted by Crippen LogP contribution is 2.37. The number of aliphatic carboxylic acids is 1. The number of aliphatic hydroxyl groups excluding tert-OH is 1. The third-order valence-corrected chi connectivity index (χ3v) is 3.25. The summed E-state index contributed by atoms with van der Waals surface area (Å²) in [7, 11) is 0. The van der Waals surface area contributed by atoms with E-state index in [4.69, 9.17) is 9.84 Å². The first-order chi connectivity index (χ1) is 7.14. The quantitative estimate of drug-likeness (QED) is 0.729. The Morgan fingerprint density at radius 3 is 2.87 bits per heavy atom. The van der Waals surface area contributed by atoms with Gasteiger partial charge in [-0.05, 0) is 25.2 Å². The largest absolute Gasteiger partial charge is 0.479 e. The number of ether oxygens (including phenoxy) is 1. The van der Waals surface area contributed by atoms with Crippen molar-refractivity contribution in [3.05, 3.63) is 0 Å². The summed E-state index contributed by atoms with van der Waals surface area (Å²) in [6.07, 6.45) is 4.14. The Labute approximate surface area is 90.2 Å². The van der Waals surface area contributed by atoms with Crippen LogP contribution in [-0.4, -0.2) is 35.0 Å². The Balaban J connectivity index is 2.66. The molecule has 1 rings (SSSR count). The van der Waals surface area contributed by atoms with E-state index in [0.29, 0.717) is 18.8 Å². The minimum Gasteiger partial charge on any atom is -0.479 e. The first-order valence-electron chi connectivity index (χ1n) is 5.63. The van der Waals surface area contributed by atoms with Crippen LogP contribution in [0.1, 0.15) is 39.0 Å². The van der Waals surface area contributed by atoms with Crippen LogP contribution in [0.2, 0.25) is 0 Å². The smallest absolute Gasteiger partial charge is 0.335 e. The number of hydrogen-bond acceptors (Lipinski definition) is 3. The summed E-state index contributed by atoms with van der Waals surface area (Å²) in [5.74, 6) is -0.442. The molecule has 0 bridgehead atoms. The first-order valence-corrected chi connectivity index (χ1v) is 5.63. The fraction of sp³-hybridized carbons (Fsp3) is 0.909. The summed E-state index contributed by atoms with van der Waals surface area (Å²) in [6, 6.07) is 0. The van der Waals surface area contributed by atoms with Gasteiger partial charge in [0, 0.05) is 0 Å². The molecule has 4 heteroatoms. The van der Waals surface area contributed by atoms with Crippen LogP contribution in [-0.2, 0) is 9.53 Å². The van der Waals surface area contributed by atoms with Crippen molar-refractivity contribution in [1.82, 2.24) is 0 Å². The van der Waals surface area contributed by atoms with Crippen molar-refractivity contribution in [2.24, 2.45) is 5.92 Å². The van der Waals surface area contributed by atoms with Gasteiger partial charge in [-0.3, -0.25) is 0 Å². The summed E-state index contributed by atoms with van der Waals surface area (Å²) >= 11 is 0. The van der Waals surface area contributed by atoms with Crippen LogP contribution in [0.25, 0.3) is 0 Å². The van der Waals surface area contributed by atoms with Gasteiger partial charge in [0.15, 0.2) is 5.60 Å². The Morgan fingerprint density at radius 2 is 2.33 bits per heavy atom. The number of carbonyl (C=O) groups is 1. The number of carboxylic acid groups (broad SMARTS) is 1. The average molecular weight is 216 g/mol. The summed E-state index contributed by atoms with van der Waals surface area (Å²) in [5, 5.41) is 17.9. The van der Waals surface area contributed by atoms with E-state index in [2.05, 4.69) is 6.92 Å². The molecule has 0 aliphatic heterocycles. The normalized spacial score (nSPS) is 31.5. The zero-order chi connectivity index (χ0) is 11.3. The fourth-order valence-corrected chi connectivity index (χ4v) is 2.32. The van der Waals surface area contributed by atoms with Gasteiger partial charge in [0.25, 0.3) is 0 Å². The van der Waals surface area contributed by atoms with Crippen LogP contribution >= 0.6 is 0 Å². The second-order valence-corrected chi connectivity index (χ2v) is 4.24. The Hall–Kier alpha value is -0.610. The lowest BCUT2D eigenvalue weighted by molar-refractivity contribution is -0.174. The number of carboxylic acids is 1. The number of hydrogen-bond donors (Lipinski definition) is 2. The second kappa shape index (κ2) is 5.47. The Morgan fingerprint density at radius 1 is 1.60 bits per heavy atom. The highest BCUT2D eigenvalue weighted by atomic mass is 16.5. The van der Waals surface area contributed by atoms with Crippen molar-refractivity contribution in [2.45, 2.75) is 44.6 Å². The van der Waals surface area contributed by atoms with Gasteiger partial charge in [0.05, 0.1) is 13.2 Å². The van der Waals surface area contributed by atoms with E-state index < -0.39 is 11.6 Å². The van der Waals surface area contributed by atoms with Crippen LogP contribution in [0.3, 0.4) is 0 Å². The maximum Gasteiger partial charge on any atom is 0.335 e. The summed E-state index contributed by atoms with van der Waals surface area (Å²) in [6.45, 7) is 2.07. The van der Waals surface area contributed by atoms with Crippen LogP contribution in [0, 0.1) is 5.92 Å². The molecule has 1 aliphatic rings. The highest BCUT2D eigenvalue weighted by Gasteiger charge is 2.43. The molecule has 2 unspecified atom stereocenters. The molecule has 15 heavy (non-hydrogen) atoms. The third kappa shape index (κ3) is 2.92. The van der Waals surface area contributed by atoms with E-state index in [1.807, 2.05) is 0 Å². The van der Waals surface area contributed by atoms with Crippen molar-refractivity contribution in [2.75, 3.05) is 13.2 Å². The molecule has 2 N–H and O–H groups in total. The minimum absolute atomic E-state index is 0.114. The lowest BCUT2D eigenvalue weighted by Crippen LogP contribution is -2.46. The van der Waals surface area contributed by atoms with Gasteiger partial charge in [0.1, 0.15) is 0 Å². The molecular formula is C11H20O4. The molecular weight excluding hydrogens is 196 g/mol. The molecule has 0 amide bonds. The van der Waals surface area contributed by atoms with E-state index in [9.17, 15) is 9.90 Å². The van der Waals surface area contributed by atoms with E-state index >= 15 is 0 Å². The standard InChI is InChI=1S/C11H20O4/c1-2-9-4-3-5-11(8-9,10(13)14)15-7-6-12/h9,12H,2-8H2,1H3,(H,13,14). The Bertz CT molecular complexity index is 217. The van der Waals surface area contributed by atoms with Crippen molar-refractivity contribution in [3.8, 4) is 0 Å². The molecule has 0 saturated heterocycles. The van der Waals surface area contributed by atoms with Crippen LogP contribution < -0.4 is 0 Å². The van der Waals surface area contributed by atoms with Crippen LogP contribution in [0.5, 0.6) is 0 Å². The predicted molar refractivity (Wildman–Crippen MR) is 55.7 cm³/mol. The van der Waals surface area contributed by atoms with Gasteiger partial charge >= 0.3 is 5.97 Å². The molecule has 0 aromatic rings. The zero-order valence-electron chi connectivity index (χ0n) is 9.24. The van der Waals surface area contributed by atoms with Crippen molar-refractivity contribution in [1.29, 1.82) is 0 Å². The van der Waals surface area contributed by atoms with E-state index in [1.165, 1.54) is 0 Å². The van der Waals surface area contributed by atoms with E-state index in [0.717, 1.165) is 19.3 Å². The summed E-state index contributed by atoms with van der Waals surface area (Å²) < 4.78 is 5.36. The highest BCUT2D eigenvalue weighted by molar-refractivity contribution is 5.77. The predicted octanol–water partition coefficient (Wildman–Crippen LogP) is 1.42. The topological polar surface area (TPSA) is 66.8 Å². The second-order valence-electron chi connectivity index (χ2n) is 4.24. The maximum atomic E-state index is 11.2. The van der Waals surface area contributed by atoms with Gasteiger partial charge in [0.2, 0.25) is 0 Å². The van der Waals surface area contributed by atoms with Crippen molar-refractivity contribution >= 4 is 5.97 Å². The Kier molecular flexibility index (Phi) is 4.54. The molecule has 2 atom stereocenters. The van der Waals surface area contributed by atoms with Gasteiger partial charge in [-0.25, -0.2) is 4.79 Å². The van der Waals surface area contributed by atoms with Gasteiger partial charge in [-0.15, -0.1) is 0 Å². The molecule has 1 saturated carbocycles. The fourth-order valence-electron chi connectivity index (χ4n) is 2.32. The average Bonchev–Trinajstić information content (AvgIpc) is 2.26. The van der Waals surface area contributed by atoms with Crippen molar-refractivity contribution < 1.29 is 19.7 Å². The molecule has 88 valence electrons. The molecule has 0 spiro atoms. The third-order valence-electron chi connectivity index (χ3n) is 3.25. The minimum atomic E-state index is -1.04. The zero-order valence-corrected chi connectivity index (χ0v) is 9.24. The molecule has 0 aromatic heterocycles. The van der Waals surface area contributed by atoms with Gasteiger partial charge < -0.3 is 14.9 Å². The monoisotopic (exact) mass is 216 g/mol. The van der Waals surface area contributed by atoms with Crippen LogP contribution in [0.4, 0.5) is 0 Å². The SMILES string of the molecule is CCC1CCCC(OCCO)(C(=O)O)C1. The number of aliphatic hydroxyl groups is 1. The van der Waals surface area contributed by atoms with Crippen LogP contribution in [0.15, 0.2) is 0 Å². The lowest BCUT2D eigenvalue weighted by atomic mass is 9.77. The lowest BCUT2D eigenvalue weighted by Gasteiger charge is -2.37. The first kappa shape index (κ1) is 12.5. The van der Waals surface area contributed by atoms with Gasteiger partial charge in [-0.1, -0.05) is 19.8 Å². The molecule has 0 aromatic carbocycles. The molecule has 1 aliphatic carbocycles. The van der Waals surface area contributed by atoms with E-state index in [1.54, 1.807) is 0 Å². The summed E-state index contributed by atoms with van der Waals surface area (Å²) in [4.78, 5) is 11.2. The molecule has 0 heterocycles. The molecule has 0 radical (unpaired) electrons. The van der Waals surface area contributed by atoms with E-state index in [-0.39, 0.29) is 13.2 Å². The van der Waals surface area contributed by atoms with Crippen molar-refractivity contribution in [3.63, 3.8) is 0 Å². The molecule has 1 fully saturated rings. The summed E-state index contributed by atoms with van der Waals surface area (Å²) in [5.41, 5.74) is -1.04. The molecule has 4 nitrogen and oxygen atoms in total. The maximum absolute atomic E-state index is 11.2. The van der Waals surface area contributed by atoms with Gasteiger partial charge in [-0.2, -0.15) is 0 Å².